The van der Waals surface area contributed by atoms with Crippen molar-refractivity contribution < 1.29 is 19.5 Å². The number of nitrogens with zero attached hydrogens (tertiary/aromatic N) is 2. The second-order valence-corrected chi connectivity index (χ2v) is 9.72. The quantitative estimate of drug-likeness (QED) is 0.335. The largest absolute Gasteiger partial charge is 0.481 e. The zero-order chi connectivity index (χ0) is 26.8. The Kier molecular flexibility index (Phi) is 7.22. The van der Waals surface area contributed by atoms with Crippen LogP contribution in [0.1, 0.15) is 44.3 Å². The normalized spacial score (nSPS) is 14.9. The maximum absolute atomic E-state index is 13.4. The summed E-state index contributed by atoms with van der Waals surface area (Å²) in [4.78, 5) is 43.6. The van der Waals surface area contributed by atoms with Crippen LogP contribution in [0.3, 0.4) is 0 Å². The van der Waals surface area contributed by atoms with E-state index in [1.807, 2.05) is 0 Å². The Labute approximate surface area is 228 Å². The summed E-state index contributed by atoms with van der Waals surface area (Å²) in [6.07, 6.45) is -0.296. The molecule has 0 aliphatic carbocycles. The molecule has 2 amide bonds. The van der Waals surface area contributed by atoms with Crippen LogP contribution in [0.2, 0.25) is 10.0 Å². The highest BCUT2D eigenvalue weighted by Crippen LogP contribution is 2.36. The summed E-state index contributed by atoms with van der Waals surface area (Å²) < 4.78 is 0. The van der Waals surface area contributed by atoms with E-state index in [1.165, 1.54) is 4.90 Å². The first-order chi connectivity index (χ1) is 18.3. The van der Waals surface area contributed by atoms with Gasteiger partial charge in [-0.1, -0.05) is 35.3 Å². The van der Waals surface area contributed by atoms with Crippen LogP contribution < -0.4 is 16.0 Å². The number of hydrogen-bond acceptors (Lipinski definition) is 6. The Hall–Kier alpha value is -4.08. The third-order valence-electron chi connectivity index (χ3n) is 6.36. The molecule has 194 valence electrons. The summed E-state index contributed by atoms with van der Waals surface area (Å²) in [5.41, 5.74) is 3.43. The number of aliphatic carboxylic acids is 1. The van der Waals surface area contributed by atoms with Crippen LogP contribution in [0.15, 0.2) is 65.7 Å². The van der Waals surface area contributed by atoms with Crippen molar-refractivity contribution in [1.29, 1.82) is 0 Å². The van der Waals surface area contributed by atoms with Crippen LogP contribution >= 0.6 is 23.2 Å². The van der Waals surface area contributed by atoms with E-state index < -0.39 is 12.0 Å². The molecule has 3 aromatic rings. The molecule has 38 heavy (non-hydrogen) atoms. The molecule has 4 N–H and O–H groups in total. The third-order valence-corrected chi connectivity index (χ3v) is 7.10. The number of hydrogen-bond donors (Lipinski definition) is 4. The molecule has 0 spiro atoms. The second-order valence-electron chi connectivity index (χ2n) is 8.91. The highest BCUT2D eigenvalue weighted by Gasteiger charge is 2.35. The molecule has 11 heteroatoms. The Bertz CT molecular complexity index is 1460. The van der Waals surface area contributed by atoms with Gasteiger partial charge in [-0.15, -0.1) is 0 Å². The number of benzene rings is 3. The molecule has 3 aromatic carbocycles. The number of carbonyl (C=O) groups is 3. The lowest BCUT2D eigenvalue weighted by molar-refractivity contribution is -0.138. The van der Waals surface area contributed by atoms with Crippen LogP contribution in [0, 0.1) is 0 Å². The van der Waals surface area contributed by atoms with Gasteiger partial charge in [0.15, 0.2) is 5.96 Å². The zero-order valence-corrected chi connectivity index (χ0v) is 21.5. The van der Waals surface area contributed by atoms with Crippen LogP contribution in [-0.2, 0) is 11.3 Å². The second kappa shape index (κ2) is 10.7. The van der Waals surface area contributed by atoms with Crippen molar-refractivity contribution >= 4 is 58.3 Å². The zero-order valence-electron chi connectivity index (χ0n) is 20.0. The molecule has 2 aliphatic heterocycles. The van der Waals surface area contributed by atoms with Gasteiger partial charge in [0.25, 0.3) is 11.8 Å². The average Bonchev–Trinajstić information content (AvgIpc) is 3.52. The Balaban J connectivity index is 1.31. The molecule has 0 saturated heterocycles. The van der Waals surface area contributed by atoms with Crippen molar-refractivity contribution in [3.05, 3.63) is 93.0 Å². The molecule has 0 saturated carbocycles. The molecule has 0 radical (unpaired) electrons. The number of carboxylic acids is 1. The van der Waals surface area contributed by atoms with E-state index in [9.17, 15) is 19.5 Å². The first-order valence-electron chi connectivity index (χ1n) is 11.9. The maximum atomic E-state index is 13.4. The van der Waals surface area contributed by atoms with Crippen LogP contribution in [0.4, 0.5) is 11.4 Å². The van der Waals surface area contributed by atoms with Crippen molar-refractivity contribution in [3.63, 3.8) is 0 Å². The number of nitrogens with one attached hydrogen (secondary N) is 3. The van der Waals surface area contributed by atoms with Gasteiger partial charge in [0, 0.05) is 35.6 Å². The van der Waals surface area contributed by atoms with E-state index in [0.717, 1.165) is 24.3 Å². The highest BCUT2D eigenvalue weighted by molar-refractivity contribution is 6.42. The van der Waals surface area contributed by atoms with E-state index in [0.29, 0.717) is 33.4 Å². The third kappa shape index (κ3) is 5.44. The monoisotopic (exact) mass is 551 g/mol. The molecule has 9 nitrogen and oxygen atoms in total. The predicted octanol–water partition coefficient (Wildman–Crippen LogP) is 4.79. The van der Waals surface area contributed by atoms with Gasteiger partial charge in [-0.05, 0) is 59.7 Å². The van der Waals surface area contributed by atoms with Crippen molar-refractivity contribution in [2.45, 2.75) is 19.0 Å². The fourth-order valence-corrected chi connectivity index (χ4v) is 4.78. The number of rotatable bonds is 7. The van der Waals surface area contributed by atoms with Crippen LogP contribution in [-0.4, -0.2) is 46.8 Å². The van der Waals surface area contributed by atoms with E-state index in [1.54, 1.807) is 60.7 Å². The number of fused-ring (bicyclic) bond motifs is 1. The van der Waals surface area contributed by atoms with E-state index in [4.69, 9.17) is 23.2 Å². The van der Waals surface area contributed by atoms with Gasteiger partial charge in [-0.2, -0.15) is 0 Å². The SMILES string of the molecule is O=C(O)CC(c1ccc(Cl)c(Cl)c1)N1Cc2ccc(NC(=O)c3ccc(NC4=NCCN4)cc3)cc2C1=O. The highest BCUT2D eigenvalue weighted by atomic mass is 35.5. The molecular formula is C27H23Cl2N5O4. The first kappa shape index (κ1) is 25.6. The smallest absolute Gasteiger partial charge is 0.305 e. The van der Waals surface area contributed by atoms with E-state index >= 15 is 0 Å². The lowest BCUT2D eigenvalue weighted by Crippen LogP contribution is -2.30. The molecule has 1 unspecified atom stereocenters. The Morgan fingerprint density at radius 3 is 2.47 bits per heavy atom. The Morgan fingerprint density at radius 1 is 1.03 bits per heavy atom. The average molecular weight is 552 g/mol. The summed E-state index contributed by atoms with van der Waals surface area (Å²) in [6, 6.07) is 16.1. The minimum absolute atomic E-state index is 0.231. The minimum atomic E-state index is -1.05. The van der Waals surface area contributed by atoms with Crippen LogP contribution in [0.25, 0.3) is 0 Å². The van der Waals surface area contributed by atoms with Crippen molar-refractivity contribution in [2.75, 3.05) is 23.7 Å². The summed E-state index contributed by atoms with van der Waals surface area (Å²) in [5, 5.41) is 19.2. The van der Waals surface area contributed by atoms with Gasteiger partial charge >= 0.3 is 5.97 Å². The van der Waals surface area contributed by atoms with Gasteiger partial charge in [-0.25, -0.2) is 0 Å². The van der Waals surface area contributed by atoms with Gasteiger partial charge in [0.1, 0.15) is 0 Å². The Morgan fingerprint density at radius 2 is 1.79 bits per heavy atom. The topological polar surface area (TPSA) is 123 Å². The molecule has 0 fully saturated rings. The summed E-state index contributed by atoms with van der Waals surface area (Å²) in [5.74, 6) is -1.00. The number of amides is 2. The van der Waals surface area contributed by atoms with Gasteiger partial charge < -0.3 is 26.0 Å². The number of carbonyl (C=O) groups excluding carboxylic acids is 2. The van der Waals surface area contributed by atoms with Gasteiger partial charge in [0.05, 0.1) is 29.1 Å². The van der Waals surface area contributed by atoms with Gasteiger partial charge in [-0.3, -0.25) is 19.4 Å². The predicted molar refractivity (Wildman–Crippen MR) is 146 cm³/mol. The molecule has 2 aliphatic rings. The number of halogens is 2. The summed E-state index contributed by atoms with van der Waals surface area (Å²) >= 11 is 12.2. The summed E-state index contributed by atoms with van der Waals surface area (Å²) in [7, 11) is 0. The minimum Gasteiger partial charge on any atom is -0.481 e. The lowest BCUT2D eigenvalue weighted by atomic mass is 10.0. The first-order valence-corrected chi connectivity index (χ1v) is 12.6. The maximum Gasteiger partial charge on any atom is 0.305 e. The fourth-order valence-electron chi connectivity index (χ4n) is 4.47. The van der Waals surface area contributed by atoms with Crippen molar-refractivity contribution in [3.8, 4) is 0 Å². The van der Waals surface area contributed by atoms with Crippen molar-refractivity contribution in [1.82, 2.24) is 10.2 Å². The molecule has 0 bridgehead atoms. The van der Waals surface area contributed by atoms with Crippen LogP contribution in [0.5, 0.6) is 0 Å². The lowest BCUT2D eigenvalue weighted by Gasteiger charge is -2.27. The molecule has 2 heterocycles. The number of carboxylic acid groups (broad SMARTS) is 1. The van der Waals surface area contributed by atoms with E-state index in [2.05, 4.69) is 20.9 Å². The molecule has 5 rings (SSSR count). The van der Waals surface area contributed by atoms with Gasteiger partial charge in [0.2, 0.25) is 0 Å². The fraction of sp³-hybridized carbons (Fsp3) is 0.185. The molecular weight excluding hydrogens is 529 g/mol. The standard InChI is InChI=1S/C27H23Cl2N5O4/c28-21-8-4-16(11-22(21)29)23(13-24(35)36)34-14-17-3-7-19(12-20(17)26(34)38)32-25(37)15-1-5-18(6-2-15)33-27-30-9-10-31-27/h1-8,11-12,23H,9-10,13-14H2,(H,32,37)(H,35,36)(H2,30,31,33). The van der Waals surface area contributed by atoms with E-state index in [-0.39, 0.29) is 29.8 Å². The summed E-state index contributed by atoms with van der Waals surface area (Å²) in [6.45, 7) is 1.74. The number of aliphatic imine (C=N–C) groups is 1. The van der Waals surface area contributed by atoms with Crippen molar-refractivity contribution in [2.24, 2.45) is 4.99 Å². The molecule has 0 aromatic heterocycles. The molecule has 1 atom stereocenters. The number of guanidine groups is 1. The number of anilines is 2.